The summed E-state index contributed by atoms with van der Waals surface area (Å²) in [6.07, 6.45) is 3.15. The average molecular weight is 499 g/mol. The Morgan fingerprint density at radius 3 is 2.46 bits per heavy atom. The van der Waals surface area contributed by atoms with E-state index >= 15 is 0 Å². The van der Waals surface area contributed by atoms with Crippen LogP contribution in [0.3, 0.4) is 0 Å². The summed E-state index contributed by atoms with van der Waals surface area (Å²) in [6.45, 7) is 3.93. The van der Waals surface area contributed by atoms with Crippen LogP contribution in [0.4, 0.5) is 13.2 Å². The molecule has 3 aromatic rings. The van der Waals surface area contributed by atoms with Crippen molar-refractivity contribution >= 4 is 17.3 Å². The molecule has 0 radical (unpaired) electrons. The molecule has 1 aromatic carbocycles. The van der Waals surface area contributed by atoms with Crippen LogP contribution in [0.2, 0.25) is 0 Å². The minimum absolute atomic E-state index is 0.0914. The molecule has 0 bridgehead atoms. The van der Waals surface area contributed by atoms with Gasteiger partial charge in [0.1, 0.15) is 0 Å². The second kappa shape index (κ2) is 9.30. The highest BCUT2D eigenvalue weighted by atomic mass is 32.1. The molecule has 0 spiro atoms. The third-order valence-corrected chi connectivity index (χ3v) is 7.65. The van der Waals surface area contributed by atoms with Crippen molar-refractivity contribution < 1.29 is 13.2 Å². The number of rotatable bonds is 4. The van der Waals surface area contributed by atoms with Crippen molar-refractivity contribution in [2.45, 2.75) is 70.3 Å². The maximum atomic E-state index is 13.4. The summed E-state index contributed by atoms with van der Waals surface area (Å²) in [6, 6.07) is 13.6. The fourth-order valence-electron chi connectivity index (χ4n) is 5.76. The zero-order valence-corrected chi connectivity index (χ0v) is 20.7. The molecule has 2 unspecified atom stereocenters. The molecule has 1 saturated carbocycles. The van der Waals surface area contributed by atoms with Crippen molar-refractivity contribution in [2.75, 3.05) is 0 Å². The second-order valence-corrected chi connectivity index (χ2v) is 9.92. The molecule has 1 aliphatic carbocycles. The largest absolute Gasteiger partial charge is 0.416 e. The Morgan fingerprint density at radius 1 is 1.00 bits per heavy atom. The molecule has 1 saturated heterocycles. The van der Waals surface area contributed by atoms with Gasteiger partial charge in [-0.2, -0.15) is 13.2 Å². The van der Waals surface area contributed by atoms with E-state index in [9.17, 15) is 13.2 Å². The van der Waals surface area contributed by atoms with E-state index in [1.807, 2.05) is 36.6 Å². The molecule has 1 aliphatic heterocycles. The predicted molar refractivity (Wildman–Crippen MR) is 134 cm³/mol. The van der Waals surface area contributed by atoms with Gasteiger partial charge in [-0.05, 0) is 80.9 Å². The van der Waals surface area contributed by atoms with Gasteiger partial charge in [-0.3, -0.25) is 4.98 Å². The molecule has 2 fully saturated rings. The van der Waals surface area contributed by atoms with Crippen LogP contribution in [0.5, 0.6) is 0 Å². The molecular formula is C27H29F3N4S. The van der Waals surface area contributed by atoms with Crippen molar-refractivity contribution in [3.8, 4) is 5.69 Å². The van der Waals surface area contributed by atoms with Crippen LogP contribution in [0, 0.1) is 13.8 Å². The van der Waals surface area contributed by atoms with Crippen molar-refractivity contribution in [3.05, 3.63) is 82.9 Å². The standard InChI is InChI=1S/C27H29F3N4S/c1-17-15-22(18(2)33(17)21-12-8-9-19(16-21)27(28,29)30)25-24(23-13-6-7-14-31-23)32-26(35)34(25)20-10-4-3-5-11-20/h6-9,12-16,20,24-25H,3-5,10-11H2,1-2H3,(H,32,35). The van der Waals surface area contributed by atoms with Crippen LogP contribution in [0.25, 0.3) is 5.69 Å². The van der Waals surface area contributed by atoms with Gasteiger partial charge in [0, 0.05) is 29.3 Å². The summed E-state index contributed by atoms with van der Waals surface area (Å²) < 4.78 is 42.2. The van der Waals surface area contributed by atoms with Crippen LogP contribution in [0.1, 0.15) is 72.4 Å². The summed E-state index contributed by atoms with van der Waals surface area (Å²) in [5.74, 6) is 0. The first kappa shape index (κ1) is 23.9. The Balaban J connectivity index is 1.62. The molecule has 4 nitrogen and oxygen atoms in total. The quantitative estimate of drug-likeness (QED) is 0.401. The molecule has 2 aliphatic rings. The van der Waals surface area contributed by atoms with Gasteiger partial charge >= 0.3 is 6.18 Å². The Labute approximate surface area is 209 Å². The first-order valence-electron chi connectivity index (χ1n) is 12.1. The molecule has 0 amide bonds. The average Bonchev–Trinajstić information content (AvgIpc) is 3.34. The van der Waals surface area contributed by atoms with Crippen LogP contribution < -0.4 is 5.32 Å². The summed E-state index contributed by atoms with van der Waals surface area (Å²) in [4.78, 5) is 6.96. The van der Waals surface area contributed by atoms with Crippen molar-refractivity contribution in [1.29, 1.82) is 0 Å². The summed E-state index contributed by atoms with van der Waals surface area (Å²) in [5, 5.41) is 4.25. The number of halogens is 3. The highest BCUT2D eigenvalue weighted by Crippen LogP contribution is 2.44. The molecule has 5 rings (SSSR count). The smallest absolute Gasteiger partial charge is 0.352 e. The number of hydrogen-bond acceptors (Lipinski definition) is 2. The molecular weight excluding hydrogens is 469 g/mol. The van der Waals surface area contributed by atoms with E-state index in [1.54, 1.807) is 12.3 Å². The van der Waals surface area contributed by atoms with Gasteiger partial charge in [-0.15, -0.1) is 0 Å². The van der Waals surface area contributed by atoms with Crippen molar-refractivity contribution in [1.82, 2.24) is 19.8 Å². The summed E-state index contributed by atoms with van der Waals surface area (Å²) in [5.41, 5.74) is 3.63. The Morgan fingerprint density at radius 2 is 1.77 bits per heavy atom. The van der Waals surface area contributed by atoms with E-state index in [2.05, 4.69) is 21.3 Å². The predicted octanol–water partition coefficient (Wildman–Crippen LogP) is 6.81. The summed E-state index contributed by atoms with van der Waals surface area (Å²) >= 11 is 5.87. The molecule has 35 heavy (non-hydrogen) atoms. The zero-order valence-electron chi connectivity index (χ0n) is 19.8. The van der Waals surface area contributed by atoms with Gasteiger partial charge in [-0.1, -0.05) is 31.4 Å². The number of benzene rings is 1. The Kier molecular flexibility index (Phi) is 6.34. The van der Waals surface area contributed by atoms with Crippen LogP contribution >= 0.6 is 12.2 Å². The van der Waals surface area contributed by atoms with Crippen molar-refractivity contribution in [2.24, 2.45) is 0 Å². The number of alkyl halides is 3. The lowest BCUT2D eigenvalue weighted by molar-refractivity contribution is -0.137. The maximum absolute atomic E-state index is 13.4. The topological polar surface area (TPSA) is 33.1 Å². The fourth-order valence-corrected chi connectivity index (χ4v) is 6.15. The lowest BCUT2D eigenvalue weighted by Gasteiger charge is -2.37. The first-order chi connectivity index (χ1) is 16.8. The monoisotopic (exact) mass is 498 g/mol. The van der Waals surface area contributed by atoms with E-state index in [4.69, 9.17) is 12.2 Å². The number of aromatic nitrogens is 2. The van der Waals surface area contributed by atoms with Gasteiger partial charge in [0.25, 0.3) is 0 Å². The van der Waals surface area contributed by atoms with Crippen LogP contribution in [-0.4, -0.2) is 25.6 Å². The molecule has 2 atom stereocenters. The third kappa shape index (κ3) is 4.44. The zero-order chi connectivity index (χ0) is 24.7. The van der Waals surface area contributed by atoms with E-state index < -0.39 is 11.7 Å². The summed E-state index contributed by atoms with van der Waals surface area (Å²) in [7, 11) is 0. The lowest BCUT2D eigenvalue weighted by atomic mass is 9.90. The van der Waals surface area contributed by atoms with Gasteiger partial charge in [-0.25, -0.2) is 0 Å². The number of thiocarbonyl (C=S) groups is 1. The number of hydrogen-bond donors (Lipinski definition) is 1. The normalized spacial score (nSPS) is 21.4. The SMILES string of the molecule is Cc1cc(C2C(c3ccccn3)NC(=S)N2C2CCCCC2)c(C)n1-c1cccc(C(F)(F)F)c1. The van der Waals surface area contributed by atoms with E-state index in [1.165, 1.54) is 31.4 Å². The minimum atomic E-state index is -4.39. The van der Waals surface area contributed by atoms with E-state index in [-0.39, 0.29) is 12.1 Å². The third-order valence-electron chi connectivity index (χ3n) is 7.32. The molecule has 3 heterocycles. The van der Waals surface area contributed by atoms with Gasteiger partial charge in [0.15, 0.2) is 5.11 Å². The van der Waals surface area contributed by atoms with E-state index in [0.717, 1.165) is 46.7 Å². The molecule has 1 N–H and O–H groups in total. The molecule has 8 heteroatoms. The Hall–Kier alpha value is -2.87. The highest BCUT2D eigenvalue weighted by Gasteiger charge is 2.44. The minimum Gasteiger partial charge on any atom is -0.352 e. The van der Waals surface area contributed by atoms with Gasteiger partial charge in [0.05, 0.1) is 23.3 Å². The van der Waals surface area contributed by atoms with Gasteiger partial charge in [0.2, 0.25) is 0 Å². The number of nitrogens with zero attached hydrogens (tertiary/aromatic N) is 3. The van der Waals surface area contributed by atoms with E-state index in [0.29, 0.717) is 11.7 Å². The van der Waals surface area contributed by atoms with Crippen LogP contribution in [-0.2, 0) is 6.18 Å². The number of aryl methyl sites for hydroxylation is 1. The highest BCUT2D eigenvalue weighted by molar-refractivity contribution is 7.80. The Bertz CT molecular complexity index is 1210. The van der Waals surface area contributed by atoms with Crippen LogP contribution in [0.15, 0.2) is 54.7 Å². The number of nitrogens with one attached hydrogen (secondary N) is 1. The fraction of sp³-hybridized carbons (Fsp3) is 0.407. The second-order valence-electron chi connectivity index (χ2n) is 9.54. The van der Waals surface area contributed by atoms with Crippen molar-refractivity contribution in [3.63, 3.8) is 0 Å². The maximum Gasteiger partial charge on any atom is 0.416 e. The molecule has 2 aromatic heterocycles. The molecule has 184 valence electrons. The first-order valence-corrected chi connectivity index (χ1v) is 12.5. The number of pyridine rings is 1. The van der Waals surface area contributed by atoms with Gasteiger partial charge < -0.3 is 14.8 Å². The lowest BCUT2D eigenvalue weighted by Crippen LogP contribution is -2.40.